The standard InChI is InChI=1S/C22H23N3O5S/c23-13-16-25(18-9-3-1-4-10-18)21(26)17-30-22(27)19-11-5-6-12-20(19)31(28,29)24-14-7-2-8-15-24/h1,3-6,9-12H,2,7-8,14-17H2. The van der Waals surface area contributed by atoms with Crippen molar-refractivity contribution in [1.29, 1.82) is 5.26 Å². The third-order valence-corrected chi connectivity index (χ3v) is 6.92. The summed E-state index contributed by atoms with van der Waals surface area (Å²) >= 11 is 0. The van der Waals surface area contributed by atoms with Gasteiger partial charge in [-0.1, -0.05) is 36.8 Å². The zero-order valence-electron chi connectivity index (χ0n) is 16.9. The normalized spacial score (nSPS) is 14.4. The van der Waals surface area contributed by atoms with E-state index in [0.29, 0.717) is 18.8 Å². The third kappa shape index (κ3) is 5.29. The van der Waals surface area contributed by atoms with Gasteiger partial charge in [-0.2, -0.15) is 9.57 Å². The van der Waals surface area contributed by atoms with Gasteiger partial charge in [0.05, 0.1) is 16.5 Å². The van der Waals surface area contributed by atoms with Crippen LogP contribution in [0.4, 0.5) is 5.69 Å². The van der Waals surface area contributed by atoms with Crippen LogP contribution in [0.5, 0.6) is 0 Å². The first-order valence-corrected chi connectivity index (χ1v) is 11.4. The number of carbonyl (C=O) groups is 2. The summed E-state index contributed by atoms with van der Waals surface area (Å²) in [5.41, 5.74) is 0.380. The van der Waals surface area contributed by atoms with E-state index in [1.165, 1.54) is 21.3 Å². The molecule has 0 aromatic heterocycles. The maximum absolute atomic E-state index is 13.0. The van der Waals surface area contributed by atoms with E-state index < -0.39 is 28.5 Å². The molecular weight excluding hydrogens is 418 g/mol. The zero-order chi connectivity index (χ0) is 22.3. The fraction of sp³-hybridized carbons (Fsp3) is 0.318. The van der Waals surface area contributed by atoms with Crippen LogP contribution in [-0.4, -0.2) is 50.8 Å². The van der Waals surface area contributed by atoms with Crippen LogP contribution in [0.3, 0.4) is 0 Å². The predicted molar refractivity (Wildman–Crippen MR) is 114 cm³/mol. The molecule has 9 heteroatoms. The second-order valence-electron chi connectivity index (χ2n) is 7.01. The van der Waals surface area contributed by atoms with Crippen LogP contribution in [0.2, 0.25) is 0 Å². The molecule has 162 valence electrons. The van der Waals surface area contributed by atoms with Crippen molar-refractivity contribution in [2.24, 2.45) is 0 Å². The number of anilines is 1. The number of esters is 1. The second kappa shape index (κ2) is 10.2. The lowest BCUT2D eigenvalue weighted by atomic mass is 10.2. The minimum Gasteiger partial charge on any atom is -0.452 e. The molecule has 1 heterocycles. The molecule has 1 saturated heterocycles. The van der Waals surface area contributed by atoms with Crippen molar-refractivity contribution < 1.29 is 22.7 Å². The second-order valence-corrected chi connectivity index (χ2v) is 8.92. The molecule has 1 aliphatic rings. The van der Waals surface area contributed by atoms with Crippen molar-refractivity contribution >= 4 is 27.6 Å². The van der Waals surface area contributed by atoms with Crippen LogP contribution in [0.1, 0.15) is 29.6 Å². The number of ether oxygens (including phenoxy) is 1. The first kappa shape index (κ1) is 22.5. The van der Waals surface area contributed by atoms with Gasteiger partial charge in [0.2, 0.25) is 10.0 Å². The molecule has 0 unspecified atom stereocenters. The molecule has 0 saturated carbocycles. The van der Waals surface area contributed by atoms with Gasteiger partial charge < -0.3 is 4.74 Å². The topological polar surface area (TPSA) is 108 Å². The third-order valence-electron chi connectivity index (χ3n) is 4.96. The Balaban J connectivity index is 1.75. The number of nitrogens with zero attached hydrogens (tertiary/aromatic N) is 3. The number of amides is 1. The van der Waals surface area contributed by atoms with E-state index in [0.717, 1.165) is 19.3 Å². The predicted octanol–water partition coefficient (Wildman–Crippen LogP) is 2.57. The summed E-state index contributed by atoms with van der Waals surface area (Å²) in [5, 5.41) is 9.03. The summed E-state index contributed by atoms with van der Waals surface area (Å²) in [7, 11) is -3.85. The molecular formula is C22H23N3O5S. The van der Waals surface area contributed by atoms with Crippen molar-refractivity contribution in [3.05, 3.63) is 60.2 Å². The smallest absolute Gasteiger partial charge is 0.340 e. The average molecular weight is 442 g/mol. The van der Waals surface area contributed by atoms with Gasteiger partial charge in [0.1, 0.15) is 6.54 Å². The number of hydrogen-bond acceptors (Lipinski definition) is 6. The Labute approximate surface area is 181 Å². The Morgan fingerprint density at radius 3 is 2.32 bits per heavy atom. The lowest BCUT2D eigenvalue weighted by Gasteiger charge is -2.26. The minimum absolute atomic E-state index is 0.118. The van der Waals surface area contributed by atoms with Gasteiger partial charge in [0.15, 0.2) is 6.61 Å². The summed E-state index contributed by atoms with van der Waals surface area (Å²) in [4.78, 5) is 26.3. The first-order valence-electron chi connectivity index (χ1n) is 9.94. The molecule has 8 nitrogen and oxygen atoms in total. The van der Waals surface area contributed by atoms with Crippen LogP contribution >= 0.6 is 0 Å². The van der Waals surface area contributed by atoms with Gasteiger partial charge in [-0.25, -0.2) is 13.2 Å². The minimum atomic E-state index is -3.85. The highest BCUT2D eigenvalue weighted by Gasteiger charge is 2.30. The van der Waals surface area contributed by atoms with Crippen molar-refractivity contribution in [3.63, 3.8) is 0 Å². The summed E-state index contributed by atoms with van der Waals surface area (Å²) in [6.45, 7) is -0.0113. The fourth-order valence-electron chi connectivity index (χ4n) is 3.39. The highest BCUT2D eigenvalue weighted by molar-refractivity contribution is 7.89. The number of carbonyl (C=O) groups excluding carboxylic acids is 2. The van der Waals surface area contributed by atoms with Crippen LogP contribution < -0.4 is 4.90 Å². The summed E-state index contributed by atoms with van der Waals surface area (Å²) in [6.07, 6.45) is 2.52. The summed E-state index contributed by atoms with van der Waals surface area (Å²) < 4.78 is 32.6. The lowest BCUT2D eigenvalue weighted by Crippen LogP contribution is -2.37. The molecule has 0 bridgehead atoms. The van der Waals surface area contributed by atoms with Gasteiger partial charge in [-0.15, -0.1) is 0 Å². The van der Waals surface area contributed by atoms with Crippen LogP contribution in [0, 0.1) is 11.3 Å². The van der Waals surface area contributed by atoms with E-state index in [-0.39, 0.29) is 17.0 Å². The highest BCUT2D eigenvalue weighted by Crippen LogP contribution is 2.24. The number of benzene rings is 2. The largest absolute Gasteiger partial charge is 0.452 e. The molecule has 1 aliphatic heterocycles. The number of para-hydroxylation sites is 1. The molecule has 0 N–H and O–H groups in total. The fourth-order valence-corrected chi connectivity index (χ4v) is 5.09. The number of piperidine rings is 1. The Kier molecular flexibility index (Phi) is 7.39. The quantitative estimate of drug-likeness (QED) is 0.483. The number of hydrogen-bond donors (Lipinski definition) is 0. The van der Waals surface area contributed by atoms with Gasteiger partial charge >= 0.3 is 5.97 Å². The maximum atomic E-state index is 13.0. The number of sulfonamides is 1. The van der Waals surface area contributed by atoms with Gasteiger partial charge in [-0.05, 0) is 37.1 Å². The van der Waals surface area contributed by atoms with E-state index in [1.54, 1.807) is 42.5 Å². The van der Waals surface area contributed by atoms with Crippen molar-refractivity contribution in [1.82, 2.24) is 4.31 Å². The van der Waals surface area contributed by atoms with E-state index in [4.69, 9.17) is 10.00 Å². The number of nitriles is 1. The molecule has 0 spiro atoms. The SMILES string of the molecule is N#CCN(C(=O)COC(=O)c1ccccc1S(=O)(=O)N1CCCCC1)c1ccccc1. The maximum Gasteiger partial charge on any atom is 0.340 e. The molecule has 2 aromatic rings. The van der Waals surface area contributed by atoms with Crippen LogP contribution in [0.15, 0.2) is 59.5 Å². The first-order chi connectivity index (χ1) is 14.9. The van der Waals surface area contributed by atoms with E-state index in [2.05, 4.69) is 0 Å². The van der Waals surface area contributed by atoms with Crippen molar-refractivity contribution in [3.8, 4) is 6.07 Å². The molecule has 0 radical (unpaired) electrons. The van der Waals surface area contributed by atoms with Crippen molar-refractivity contribution in [2.75, 3.05) is 31.1 Å². The summed E-state index contributed by atoms with van der Waals surface area (Å²) in [5.74, 6) is -1.49. The van der Waals surface area contributed by atoms with Gasteiger partial charge in [0.25, 0.3) is 5.91 Å². The van der Waals surface area contributed by atoms with E-state index in [1.807, 2.05) is 6.07 Å². The van der Waals surface area contributed by atoms with Crippen molar-refractivity contribution in [2.45, 2.75) is 24.2 Å². The Morgan fingerprint density at radius 1 is 1.00 bits per heavy atom. The Morgan fingerprint density at radius 2 is 1.65 bits per heavy atom. The average Bonchev–Trinajstić information content (AvgIpc) is 2.82. The Bertz CT molecular complexity index is 1070. The molecule has 0 aliphatic carbocycles. The molecule has 2 aromatic carbocycles. The highest BCUT2D eigenvalue weighted by atomic mass is 32.2. The van der Waals surface area contributed by atoms with Gasteiger partial charge in [0, 0.05) is 18.8 Å². The lowest BCUT2D eigenvalue weighted by molar-refractivity contribution is -0.121. The molecule has 31 heavy (non-hydrogen) atoms. The summed E-state index contributed by atoms with van der Waals surface area (Å²) in [6, 6.07) is 16.3. The molecule has 0 atom stereocenters. The van der Waals surface area contributed by atoms with Gasteiger partial charge in [-0.3, -0.25) is 9.69 Å². The zero-order valence-corrected chi connectivity index (χ0v) is 17.8. The van der Waals surface area contributed by atoms with E-state index >= 15 is 0 Å². The molecule has 1 amide bonds. The van der Waals surface area contributed by atoms with Crippen LogP contribution in [-0.2, 0) is 19.6 Å². The number of rotatable bonds is 7. The Hall–Kier alpha value is -3.22. The van der Waals surface area contributed by atoms with E-state index in [9.17, 15) is 18.0 Å². The van der Waals surface area contributed by atoms with Crippen LogP contribution in [0.25, 0.3) is 0 Å². The monoisotopic (exact) mass is 441 g/mol. The molecule has 3 rings (SSSR count). The molecule has 1 fully saturated rings.